The molecule has 0 bridgehead atoms. The van der Waals surface area contributed by atoms with E-state index in [-0.39, 0.29) is 12.1 Å². The predicted molar refractivity (Wildman–Crippen MR) is 137 cm³/mol. The fourth-order valence-electron chi connectivity index (χ4n) is 4.64. The summed E-state index contributed by atoms with van der Waals surface area (Å²) in [5.41, 5.74) is 3.14. The van der Waals surface area contributed by atoms with Gasteiger partial charge < -0.3 is 20.1 Å². The van der Waals surface area contributed by atoms with Crippen molar-refractivity contribution in [3.63, 3.8) is 0 Å². The number of benzene rings is 1. The summed E-state index contributed by atoms with van der Waals surface area (Å²) >= 11 is 0. The number of pyridine rings is 1. The number of halogens is 1. The number of hydrogen-bond donors (Lipinski definition) is 2. The van der Waals surface area contributed by atoms with Crippen LogP contribution < -0.4 is 15.0 Å². The standard InChI is InChI=1S/C27H26FN7O3/c1-3-38-19-9-21(26-17(10-29)11-32-35(26)14-19)23-12-31-25(13-30-23)34-7-6-22(24(36)15-34)33-27(37)20-8-18(28)5-4-16(20)2/h4-5,8-9,11-14,22,24,36H,3,6-7,15H2,1-2H3,(H,33,37)/t22-,24-/m0/s1. The molecule has 11 heteroatoms. The summed E-state index contributed by atoms with van der Waals surface area (Å²) in [5, 5.41) is 27.4. The van der Waals surface area contributed by atoms with Crippen LogP contribution in [0.2, 0.25) is 0 Å². The molecule has 1 aliphatic rings. The number of fused-ring (bicyclic) bond motifs is 1. The van der Waals surface area contributed by atoms with Crippen LogP contribution in [0.25, 0.3) is 16.8 Å². The number of rotatable bonds is 6. The Hall–Kier alpha value is -4.56. The lowest BCUT2D eigenvalue weighted by Crippen LogP contribution is -2.54. The minimum atomic E-state index is -0.851. The zero-order chi connectivity index (χ0) is 26.8. The molecule has 0 aliphatic carbocycles. The van der Waals surface area contributed by atoms with Gasteiger partial charge in [-0.3, -0.25) is 9.78 Å². The van der Waals surface area contributed by atoms with Gasteiger partial charge >= 0.3 is 0 Å². The fraction of sp³-hybridized carbons (Fsp3) is 0.296. The molecular weight excluding hydrogens is 489 g/mol. The normalized spacial score (nSPS) is 17.3. The number of carbonyl (C=O) groups excluding carboxylic acids is 1. The molecule has 0 saturated carbocycles. The molecule has 194 valence electrons. The Morgan fingerprint density at radius 3 is 2.84 bits per heavy atom. The third-order valence-electron chi connectivity index (χ3n) is 6.60. The van der Waals surface area contributed by atoms with Crippen molar-refractivity contribution in [2.45, 2.75) is 32.4 Å². The van der Waals surface area contributed by atoms with Gasteiger partial charge in [0.25, 0.3) is 5.91 Å². The number of aliphatic hydroxyl groups is 1. The van der Waals surface area contributed by atoms with Gasteiger partial charge in [0, 0.05) is 24.2 Å². The molecule has 3 aromatic heterocycles. The first-order chi connectivity index (χ1) is 18.4. The van der Waals surface area contributed by atoms with Crippen LogP contribution in [-0.2, 0) is 0 Å². The zero-order valence-electron chi connectivity index (χ0n) is 20.9. The van der Waals surface area contributed by atoms with Gasteiger partial charge in [0.2, 0.25) is 0 Å². The van der Waals surface area contributed by atoms with Crippen LogP contribution in [0.1, 0.15) is 34.8 Å². The maximum atomic E-state index is 13.6. The van der Waals surface area contributed by atoms with Crippen LogP contribution in [0.5, 0.6) is 5.75 Å². The van der Waals surface area contributed by atoms with Crippen molar-refractivity contribution in [2.75, 3.05) is 24.6 Å². The van der Waals surface area contributed by atoms with Crippen LogP contribution >= 0.6 is 0 Å². The lowest BCUT2D eigenvalue weighted by Gasteiger charge is -2.36. The quantitative estimate of drug-likeness (QED) is 0.401. The van der Waals surface area contributed by atoms with Gasteiger partial charge in [-0.25, -0.2) is 13.9 Å². The predicted octanol–water partition coefficient (Wildman–Crippen LogP) is 2.88. The van der Waals surface area contributed by atoms with Crippen molar-refractivity contribution in [3.8, 4) is 23.1 Å². The van der Waals surface area contributed by atoms with Crippen molar-refractivity contribution < 1.29 is 19.0 Å². The van der Waals surface area contributed by atoms with Gasteiger partial charge in [-0.1, -0.05) is 6.07 Å². The van der Waals surface area contributed by atoms with E-state index in [2.05, 4.69) is 26.5 Å². The number of piperidine rings is 1. The molecule has 1 saturated heterocycles. The van der Waals surface area contributed by atoms with E-state index < -0.39 is 23.9 Å². The third kappa shape index (κ3) is 4.86. The van der Waals surface area contributed by atoms with Gasteiger partial charge in [0.15, 0.2) is 0 Å². The Balaban J connectivity index is 1.31. The minimum Gasteiger partial charge on any atom is -0.492 e. The Labute approximate surface area is 218 Å². The summed E-state index contributed by atoms with van der Waals surface area (Å²) in [6.45, 7) is 4.87. The van der Waals surface area contributed by atoms with Gasteiger partial charge in [-0.2, -0.15) is 10.4 Å². The molecule has 2 N–H and O–H groups in total. The Kier molecular flexibility index (Phi) is 6.89. The highest BCUT2D eigenvalue weighted by Crippen LogP contribution is 2.30. The Bertz CT molecular complexity index is 1530. The number of amides is 1. The number of ether oxygens (including phenoxy) is 1. The summed E-state index contributed by atoms with van der Waals surface area (Å²) < 4.78 is 20.9. The number of hydrogen-bond acceptors (Lipinski definition) is 8. The molecule has 1 aliphatic heterocycles. The summed E-state index contributed by atoms with van der Waals surface area (Å²) in [7, 11) is 0. The van der Waals surface area contributed by atoms with E-state index in [4.69, 9.17) is 4.74 Å². The topological polar surface area (TPSA) is 129 Å². The van der Waals surface area contributed by atoms with Crippen molar-refractivity contribution in [2.24, 2.45) is 0 Å². The van der Waals surface area contributed by atoms with E-state index >= 15 is 0 Å². The Morgan fingerprint density at radius 1 is 1.29 bits per heavy atom. The van der Waals surface area contributed by atoms with Crippen molar-refractivity contribution in [1.82, 2.24) is 24.9 Å². The first-order valence-corrected chi connectivity index (χ1v) is 12.2. The number of aromatic nitrogens is 4. The first-order valence-electron chi connectivity index (χ1n) is 12.2. The van der Waals surface area contributed by atoms with Crippen LogP contribution in [0.3, 0.4) is 0 Å². The van der Waals surface area contributed by atoms with Crippen LogP contribution in [0, 0.1) is 24.1 Å². The summed E-state index contributed by atoms with van der Waals surface area (Å²) in [5.74, 6) is 0.264. The average molecular weight is 516 g/mol. The Morgan fingerprint density at radius 2 is 2.13 bits per heavy atom. The molecule has 0 unspecified atom stereocenters. The molecule has 10 nitrogen and oxygen atoms in total. The first kappa shape index (κ1) is 25.1. The van der Waals surface area contributed by atoms with Crippen LogP contribution in [-0.4, -0.2) is 62.4 Å². The SMILES string of the molecule is CCOc1cc(-c2cnc(N3CC[C@H](NC(=O)c4cc(F)ccc4C)[C@@H](O)C3)cn2)c2c(C#N)cnn2c1. The molecule has 1 aromatic carbocycles. The fourth-order valence-corrected chi connectivity index (χ4v) is 4.64. The van der Waals surface area contributed by atoms with Gasteiger partial charge in [0.05, 0.1) is 60.3 Å². The third-order valence-corrected chi connectivity index (χ3v) is 6.60. The van der Waals surface area contributed by atoms with E-state index in [1.54, 1.807) is 36.1 Å². The molecule has 5 rings (SSSR count). The number of aliphatic hydroxyl groups excluding tert-OH is 1. The van der Waals surface area contributed by atoms with E-state index in [1.165, 1.54) is 18.3 Å². The van der Waals surface area contributed by atoms with Crippen molar-refractivity contribution in [3.05, 3.63) is 71.6 Å². The molecule has 1 amide bonds. The number of anilines is 1. The van der Waals surface area contributed by atoms with Crippen molar-refractivity contribution in [1.29, 1.82) is 5.26 Å². The van der Waals surface area contributed by atoms with Crippen LogP contribution in [0.4, 0.5) is 10.2 Å². The molecule has 4 aromatic rings. The maximum absolute atomic E-state index is 13.6. The second kappa shape index (κ2) is 10.4. The number of β-amino-alcohol motifs (C(OH)–C–C–N with tert-alkyl or cyclic N) is 1. The van der Waals surface area contributed by atoms with Crippen LogP contribution in [0.15, 0.2) is 49.1 Å². The van der Waals surface area contributed by atoms with E-state index in [1.807, 2.05) is 17.9 Å². The minimum absolute atomic E-state index is 0.242. The number of carbonyl (C=O) groups is 1. The average Bonchev–Trinajstić information content (AvgIpc) is 3.34. The molecule has 4 heterocycles. The lowest BCUT2D eigenvalue weighted by molar-refractivity contribution is 0.0796. The van der Waals surface area contributed by atoms with Crippen molar-refractivity contribution >= 4 is 17.2 Å². The van der Waals surface area contributed by atoms with E-state index in [9.17, 15) is 19.6 Å². The molecule has 0 radical (unpaired) electrons. The summed E-state index contributed by atoms with van der Waals surface area (Å²) in [6, 6.07) is 7.55. The smallest absolute Gasteiger partial charge is 0.251 e. The highest BCUT2D eigenvalue weighted by atomic mass is 19.1. The number of aryl methyl sites for hydroxylation is 1. The highest BCUT2D eigenvalue weighted by Gasteiger charge is 2.30. The largest absolute Gasteiger partial charge is 0.492 e. The molecule has 2 atom stereocenters. The lowest BCUT2D eigenvalue weighted by atomic mass is 10.0. The number of nitriles is 1. The van der Waals surface area contributed by atoms with E-state index in [0.717, 1.165) is 0 Å². The van der Waals surface area contributed by atoms with Gasteiger partial charge in [-0.15, -0.1) is 0 Å². The second-order valence-electron chi connectivity index (χ2n) is 9.09. The summed E-state index contributed by atoms with van der Waals surface area (Å²) in [4.78, 5) is 23.7. The zero-order valence-corrected chi connectivity index (χ0v) is 20.9. The van der Waals surface area contributed by atoms with Gasteiger partial charge in [-0.05, 0) is 44.0 Å². The second-order valence-corrected chi connectivity index (χ2v) is 9.09. The maximum Gasteiger partial charge on any atom is 0.251 e. The van der Waals surface area contributed by atoms with Gasteiger partial charge in [0.1, 0.15) is 23.5 Å². The molecule has 0 spiro atoms. The number of nitrogens with zero attached hydrogens (tertiary/aromatic N) is 6. The van der Waals surface area contributed by atoms with E-state index in [0.29, 0.717) is 59.0 Å². The summed E-state index contributed by atoms with van der Waals surface area (Å²) in [6.07, 6.45) is 6.06. The number of nitrogens with one attached hydrogen (secondary N) is 1. The molecule has 1 fully saturated rings. The molecular formula is C27H26FN7O3. The highest BCUT2D eigenvalue weighted by molar-refractivity contribution is 5.95. The molecule has 38 heavy (non-hydrogen) atoms. The monoisotopic (exact) mass is 515 g/mol.